The molecular formula is C18H28N2O3. The van der Waals surface area contributed by atoms with E-state index in [1.54, 1.807) is 4.90 Å². The molecule has 2 amide bonds. The van der Waals surface area contributed by atoms with Crippen molar-refractivity contribution in [1.82, 2.24) is 9.80 Å². The molecule has 0 aromatic carbocycles. The average Bonchev–Trinajstić information content (AvgIpc) is 2.57. The lowest BCUT2D eigenvalue weighted by Crippen LogP contribution is -2.49. The van der Waals surface area contributed by atoms with Gasteiger partial charge in [-0.25, -0.2) is 0 Å². The Kier molecular flexibility index (Phi) is 5.36. The molecule has 0 spiro atoms. The lowest BCUT2D eigenvalue weighted by molar-refractivity contribution is -0.145. The van der Waals surface area contributed by atoms with Crippen LogP contribution in [0.25, 0.3) is 0 Å². The maximum atomic E-state index is 12.8. The van der Waals surface area contributed by atoms with Gasteiger partial charge in [0.1, 0.15) is 0 Å². The Morgan fingerprint density at radius 3 is 2.22 bits per heavy atom. The summed E-state index contributed by atoms with van der Waals surface area (Å²) < 4.78 is 6.10. The molecule has 0 aromatic rings. The molecule has 128 valence electrons. The highest BCUT2D eigenvalue weighted by Gasteiger charge is 2.33. The standard InChI is InChI=1S/C18H28N2O3/c1-2-17(21)19-11-8-14(9-12-19)18(22)20-10-4-7-16(13-20)23-15-5-3-6-15/h2,14-16H,1,3-13H2. The third-order valence-corrected chi connectivity index (χ3v) is 5.46. The van der Waals surface area contributed by atoms with Crippen LogP contribution in [0.15, 0.2) is 12.7 Å². The maximum Gasteiger partial charge on any atom is 0.245 e. The van der Waals surface area contributed by atoms with Gasteiger partial charge in [-0.3, -0.25) is 9.59 Å². The molecule has 0 radical (unpaired) electrons. The molecule has 1 atom stereocenters. The van der Waals surface area contributed by atoms with Crippen molar-refractivity contribution in [3.63, 3.8) is 0 Å². The van der Waals surface area contributed by atoms with Gasteiger partial charge in [0, 0.05) is 32.1 Å². The van der Waals surface area contributed by atoms with E-state index >= 15 is 0 Å². The summed E-state index contributed by atoms with van der Waals surface area (Å²) in [5.74, 6) is 0.298. The minimum absolute atomic E-state index is 0.0252. The molecule has 23 heavy (non-hydrogen) atoms. The Labute approximate surface area is 138 Å². The number of carbonyl (C=O) groups excluding carboxylic acids is 2. The highest BCUT2D eigenvalue weighted by atomic mass is 16.5. The molecule has 0 aromatic heterocycles. The number of likely N-dealkylation sites (tertiary alicyclic amines) is 2. The van der Waals surface area contributed by atoms with Gasteiger partial charge in [-0.05, 0) is 51.0 Å². The zero-order valence-electron chi connectivity index (χ0n) is 13.9. The number of ether oxygens (including phenoxy) is 1. The van der Waals surface area contributed by atoms with Gasteiger partial charge in [0.25, 0.3) is 0 Å². The van der Waals surface area contributed by atoms with Crippen molar-refractivity contribution in [3.05, 3.63) is 12.7 Å². The van der Waals surface area contributed by atoms with Gasteiger partial charge in [0.2, 0.25) is 11.8 Å². The number of hydrogen-bond donors (Lipinski definition) is 0. The molecule has 1 unspecified atom stereocenters. The van der Waals surface area contributed by atoms with E-state index in [0.717, 1.165) is 38.8 Å². The monoisotopic (exact) mass is 320 g/mol. The first kappa shape index (κ1) is 16.5. The normalized spacial score (nSPS) is 26.7. The van der Waals surface area contributed by atoms with Crippen LogP contribution in [-0.4, -0.2) is 60.0 Å². The van der Waals surface area contributed by atoms with E-state index in [1.165, 1.54) is 25.3 Å². The maximum absolute atomic E-state index is 12.8. The van der Waals surface area contributed by atoms with Crippen molar-refractivity contribution in [1.29, 1.82) is 0 Å². The summed E-state index contributed by atoms with van der Waals surface area (Å²) in [4.78, 5) is 28.2. The molecule has 5 heteroatoms. The first-order valence-electron chi connectivity index (χ1n) is 9.03. The minimum atomic E-state index is -0.0252. The highest BCUT2D eigenvalue weighted by molar-refractivity contribution is 5.87. The minimum Gasteiger partial charge on any atom is -0.373 e. The largest absolute Gasteiger partial charge is 0.373 e. The summed E-state index contributed by atoms with van der Waals surface area (Å²) >= 11 is 0. The van der Waals surface area contributed by atoms with Crippen LogP contribution in [0, 0.1) is 5.92 Å². The van der Waals surface area contributed by atoms with Crippen molar-refractivity contribution in [2.24, 2.45) is 5.92 Å². The Balaban J connectivity index is 1.47. The Bertz CT molecular complexity index is 453. The second-order valence-electron chi connectivity index (χ2n) is 7.04. The Morgan fingerprint density at radius 2 is 1.61 bits per heavy atom. The molecule has 2 heterocycles. The number of rotatable bonds is 4. The molecular weight excluding hydrogens is 292 g/mol. The van der Waals surface area contributed by atoms with Crippen LogP contribution in [0.1, 0.15) is 44.9 Å². The first-order valence-corrected chi connectivity index (χ1v) is 9.03. The highest BCUT2D eigenvalue weighted by Crippen LogP contribution is 2.27. The zero-order chi connectivity index (χ0) is 16.2. The topological polar surface area (TPSA) is 49.9 Å². The number of piperidine rings is 2. The van der Waals surface area contributed by atoms with Crippen LogP contribution >= 0.6 is 0 Å². The molecule has 5 nitrogen and oxygen atoms in total. The quantitative estimate of drug-likeness (QED) is 0.744. The fourth-order valence-corrected chi connectivity index (χ4v) is 3.76. The number of amides is 2. The van der Waals surface area contributed by atoms with E-state index in [2.05, 4.69) is 6.58 Å². The summed E-state index contributed by atoms with van der Waals surface area (Å²) in [6.45, 7) is 6.46. The first-order chi connectivity index (χ1) is 11.2. The predicted octanol–water partition coefficient (Wildman–Crippen LogP) is 1.97. The van der Waals surface area contributed by atoms with Crippen molar-refractivity contribution in [3.8, 4) is 0 Å². The van der Waals surface area contributed by atoms with Crippen molar-refractivity contribution < 1.29 is 14.3 Å². The molecule has 0 bridgehead atoms. The Hall–Kier alpha value is -1.36. The number of carbonyl (C=O) groups is 2. The van der Waals surface area contributed by atoms with Gasteiger partial charge >= 0.3 is 0 Å². The van der Waals surface area contributed by atoms with E-state index in [0.29, 0.717) is 19.2 Å². The zero-order valence-corrected chi connectivity index (χ0v) is 13.9. The molecule has 1 aliphatic carbocycles. The van der Waals surface area contributed by atoms with E-state index in [-0.39, 0.29) is 23.8 Å². The van der Waals surface area contributed by atoms with E-state index in [4.69, 9.17) is 4.74 Å². The van der Waals surface area contributed by atoms with Crippen LogP contribution in [-0.2, 0) is 14.3 Å². The molecule has 3 fully saturated rings. The van der Waals surface area contributed by atoms with Crippen LogP contribution in [0.5, 0.6) is 0 Å². The van der Waals surface area contributed by atoms with Crippen LogP contribution < -0.4 is 0 Å². The van der Waals surface area contributed by atoms with Crippen LogP contribution in [0.3, 0.4) is 0 Å². The summed E-state index contributed by atoms with van der Waals surface area (Å²) in [6.07, 6.45) is 9.30. The smallest absolute Gasteiger partial charge is 0.245 e. The summed E-state index contributed by atoms with van der Waals surface area (Å²) in [5, 5.41) is 0. The fourth-order valence-electron chi connectivity index (χ4n) is 3.76. The van der Waals surface area contributed by atoms with Crippen molar-refractivity contribution in [2.45, 2.75) is 57.2 Å². The molecule has 3 aliphatic rings. The molecule has 2 saturated heterocycles. The fraction of sp³-hybridized carbons (Fsp3) is 0.778. The molecule has 1 saturated carbocycles. The van der Waals surface area contributed by atoms with Crippen molar-refractivity contribution in [2.75, 3.05) is 26.2 Å². The Morgan fingerprint density at radius 1 is 0.913 bits per heavy atom. The van der Waals surface area contributed by atoms with E-state index in [1.807, 2.05) is 4.90 Å². The van der Waals surface area contributed by atoms with Crippen LogP contribution in [0.4, 0.5) is 0 Å². The van der Waals surface area contributed by atoms with Crippen LogP contribution in [0.2, 0.25) is 0 Å². The van der Waals surface area contributed by atoms with Gasteiger partial charge in [-0.2, -0.15) is 0 Å². The second kappa shape index (κ2) is 7.47. The van der Waals surface area contributed by atoms with Gasteiger partial charge in [-0.15, -0.1) is 0 Å². The molecule has 0 N–H and O–H groups in total. The predicted molar refractivity (Wildman–Crippen MR) is 87.8 cm³/mol. The van der Waals surface area contributed by atoms with Crippen molar-refractivity contribution >= 4 is 11.8 Å². The second-order valence-corrected chi connectivity index (χ2v) is 7.04. The number of nitrogens with zero attached hydrogens (tertiary/aromatic N) is 2. The van der Waals surface area contributed by atoms with Gasteiger partial charge < -0.3 is 14.5 Å². The third-order valence-electron chi connectivity index (χ3n) is 5.46. The van der Waals surface area contributed by atoms with Gasteiger partial charge in [0.15, 0.2) is 0 Å². The lowest BCUT2D eigenvalue weighted by atomic mass is 9.93. The van der Waals surface area contributed by atoms with E-state index < -0.39 is 0 Å². The SMILES string of the molecule is C=CC(=O)N1CCC(C(=O)N2CCCC(OC3CCC3)C2)CC1. The summed E-state index contributed by atoms with van der Waals surface area (Å²) in [6, 6.07) is 0. The number of hydrogen-bond acceptors (Lipinski definition) is 3. The summed E-state index contributed by atoms with van der Waals surface area (Å²) in [7, 11) is 0. The molecule has 3 rings (SSSR count). The summed E-state index contributed by atoms with van der Waals surface area (Å²) in [5.41, 5.74) is 0. The van der Waals surface area contributed by atoms with Gasteiger partial charge in [0.05, 0.1) is 12.2 Å². The van der Waals surface area contributed by atoms with E-state index in [9.17, 15) is 9.59 Å². The lowest BCUT2D eigenvalue weighted by Gasteiger charge is -2.39. The molecule has 2 aliphatic heterocycles. The average molecular weight is 320 g/mol. The van der Waals surface area contributed by atoms with Gasteiger partial charge in [-0.1, -0.05) is 6.58 Å². The third kappa shape index (κ3) is 3.94.